The maximum Gasteiger partial charge on any atom is 0.239 e. The van der Waals surface area contributed by atoms with E-state index in [1.54, 1.807) is 30.3 Å². The van der Waals surface area contributed by atoms with Gasteiger partial charge < -0.3 is 27.0 Å². The third kappa shape index (κ3) is 4.34. The first kappa shape index (κ1) is 19.5. The summed E-state index contributed by atoms with van der Waals surface area (Å²) in [6, 6.07) is 1.25. The summed E-state index contributed by atoms with van der Waals surface area (Å²) >= 11 is 7.45. The van der Waals surface area contributed by atoms with E-state index in [1.165, 1.54) is 11.8 Å². The molecule has 1 saturated heterocycles. The van der Waals surface area contributed by atoms with Crippen molar-refractivity contribution in [3.05, 3.63) is 23.5 Å². The smallest absolute Gasteiger partial charge is 0.239 e. The number of aromatic nitrogens is 3. The highest BCUT2D eigenvalue weighted by molar-refractivity contribution is 7.99. The Balaban J connectivity index is 1.69. The Kier molecular flexibility index (Phi) is 5.88. The average Bonchev–Trinajstić information content (AvgIpc) is 2.66. The van der Waals surface area contributed by atoms with Gasteiger partial charge in [0.25, 0.3) is 0 Å². The van der Waals surface area contributed by atoms with Crippen LogP contribution in [-0.4, -0.2) is 58.0 Å². The molecule has 1 aliphatic rings. The molecule has 2 aromatic heterocycles. The Hall–Kier alpha value is -2.30. The minimum Gasteiger partial charge on any atom is -0.382 e. The van der Waals surface area contributed by atoms with E-state index < -0.39 is 6.04 Å². The summed E-state index contributed by atoms with van der Waals surface area (Å²) in [5, 5.41) is 0.903. The van der Waals surface area contributed by atoms with Crippen LogP contribution in [0, 0.1) is 0 Å². The quantitative estimate of drug-likeness (QED) is 0.670. The van der Waals surface area contributed by atoms with Crippen molar-refractivity contribution >= 4 is 46.7 Å². The second-order valence-corrected chi connectivity index (χ2v) is 7.54. The van der Waals surface area contributed by atoms with E-state index in [2.05, 4.69) is 15.0 Å². The number of hydrogen-bond acceptors (Lipinski definition) is 9. The molecule has 0 saturated carbocycles. The molecule has 144 valence electrons. The number of anilines is 3. The predicted molar refractivity (Wildman–Crippen MR) is 107 cm³/mol. The van der Waals surface area contributed by atoms with Gasteiger partial charge in [0.05, 0.1) is 17.3 Å². The molecule has 1 aliphatic heterocycles. The monoisotopic (exact) mass is 408 g/mol. The molecule has 1 atom stereocenters. The van der Waals surface area contributed by atoms with Crippen LogP contribution in [0.3, 0.4) is 0 Å². The van der Waals surface area contributed by atoms with E-state index >= 15 is 0 Å². The Morgan fingerprint density at radius 1 is 1.22 bits per heavy atom. The second kappa shape index (κ2) is 8.15. The standard InChI is InChI=1S/C16H21ClN8OS/c1-9(18)16(26)25-6-4-24(5-7-25)11-8-22-15(14(20)23-11)27-10-2-3-21-13(19)12(10)17/h2-3,8-9H,4-7,18H2,1H3,(H2,19,21)(H2,20,23)/t9-/m1/s1. The van der Waals surface area contributed by atoms with E-state index in [4.69, 9.17) is 28.8 Å². The number of pyridine rings is 1. The highest BCUT2D eigenvalue weighted by atomic mass is 35.5. The number of hydrogen-bond donors (Lipinski definition) is 3. The molecule has 0 aromatic carbocycles. The van der Waals surface area contributed by atoms with Gasteiger partial charge in [-0.1, -0.05) is 23.4 Å². The number of halogens is 1. The van der Waals surface area contributed by atoms with Gasteiger partial charge in [0.2, 0.25) is 5.91 Å². The number of carbonyl (C=O) groups excluding carboxylic acids is 1. The van der Waals surface area contributed by atoms with Crippen LogP contribution in [0.15, 0.2) is 28.4 Å². The molecular formula is C16H21ClN8OS. The molecule has 0 unspecified atom stereocenters. The van der Waals surface area contributed by atoms with Crippen molar-refractivity contribution < 1.29 is 4.79 Å². The van der Waals surface area contributed by atoms with Crippen LogP contribution in [0.25, 0.3) is 0 Å². The van der Waals surface area contributed by atoms with Crippen LogP contribution in [-0.2, 0) is 4.79 Å². The summed E-state index contributed by atoms with van der Waals surface area (Å²) < 4.78 is 0. The van der Waals surface area contributed by atoms with Gasteiger partial charge in [0.1, 0.15) is 16.7 Å². The van der Waals surface area contributed by atoms with Gasteiger partial charge >= 0.3 is 0 Å². The van der Waals surface area contributed by atoms with Crippen LogP contribution >= 0.6 is 23.4 Å². The SMILES string of the molecule is C[C@@H](N)C(=O)N1CCN(c2cnc(Sc3ccnc(N)c3Cl)c(N)n2)CC1. The van der Waals surface area contributed by atoms with Crippen LogP contribution in [0.5, 0.6) is 0 Å². The van der Waals surface area contributed by atoms with Gasteiger partial charge in [-0.3, -0.25) is 4.79 Å². The van der Waals surface area contributed by atoms with E-state index in [0.717, 1.165) is 0 Å². The lowest BCUT2D eigenvalue weighted by Crippen LogP contribution is -2.52. The van der Waals surface area contributed by atoms with Crippen LogP contribution in [0.4, 0.5) is 17.5 Å². The van der Waals surface area contributed by atoms with Crippen LogP contribution < -0.4 is 22.1 Å². The molecule has 9 nitrogen and oxygen atoms in total. The molecule has 0 bridgehead atoms. The predicted octanol–water partition coefficient (Wildman–Crippen LogP) is 0.836. The number of nitrogens with two attached hydrogens (primary N) is 3. The van der Waals surface area contributed by atoms with Crippen molar-refractivity contribution in [2.24, 2.45) is 5.73 Å². The largest absolute Gasteiger partial charge is 0.382 e. The van der Waals surface area contributed by atoms with Crippen molar-refractivity contribution in [2.75, 3.05) is 42.5 Å². The van der Waals surface area contributed by atoms with Crippen molar-refractivity contribution in [3.8, 4) is 0 Å². The number of amides is 1. The number of piperazine rings is 1. The van der Waals surface area contributed by atoms with Crippen LogP contribution in [0.1, 0.15) is 6.92 Å². The molecule has 0 spiro atoms. The molecule has 2 aromatic rings. The van der Waals surface area contributed by atoms with Crippen LogP contribution in [0.2, 0.25) is 5.02 Å². The summed E-state index contributed by atoms with van der Waals surface area (Å²) in [4.78, 5) is 29.3. The number of nitrogen functional groups attached to an aromatic ring is 2. The highest BCUT2D eigenvalue weighted by Gasteiger charge is 2.24. The average molecular weight is 409 g/mol. The summed E-state index contributed by atoms with van der Waals surface area (Å²) in [6.07, 6.45) is 3.24. The van der Waals surface area contributed by atoms with E-state index in [1.807, 2.05) is 4.90 Å². The Morgan fingerprint density at radius 3 is 2.56 bits per heavy atom. The Labute approximate surface area is 166 Å². The molecule has 1 amide bonds. The van der Waals surface area contributed by atoms with Gasteiger partial charge in [0, 0.05) is 37.3 Å². The zero-order valence-corrected chi connectivity index (χ0v) is 16.4. The molecule has 0 aliphatic carbocycles. The van der Waals surface area contributed by atoms with Crippen molar-refractivity contribution in [3.63, 3.8) is 0 Å². The first-order valence-corrected chi connectivity index (χ1v) is 9.56. The third-order valence-corrected chi connectivity index (χ3v) is 5.72. The minimum absolute atomic E-state index is 0.0412. The number of nitrogens with zero attached hydrogens (tertiary/aromatic N) is 5. The molecule has 27 heavy (non-hydrogen) atoms. The van der Waals surface area contributed by atoms with Crippen molar-refractivity contribution in [1.29, 1.82) is 0 Å². The summed E-state index contributed by atoms with van der Waals surface area (Å²) in [5.74, 6) is 1.19. The Morgan fingerprint density at radius 2 is 1.93 bits per heavy atom. The molecule has 1 fully saturated rings. The first-order chi connectivity index (χ1) is 12.9. The van der Waals surface area contributed by atoms with E-state index in [0.29, 0.717) is 52.8 Å². The first-order valence-electron chi connectivity index (χ1n) is 8.36. The maximum absolute atomic E-state index is 12.0. The number of rotatable bonds is 4. The lowest BCUT2D eigenvalue weighted by Gasteiger charge is -2.36. The summed E-state index contributed by atoms with van der Waals surface area (Å²) in [5.41, 5.74) is 17.5. The molecule has 6 N–H and O–H groups in total. The van der Waals surface area contributed by atoms with Gasteiger partial charge in [-0.05, 0) is 13.0 Å². The lowest BCUT2D eigenvalue weighted by atomic mass is 10.2. The lowest BCUT2D eigenvalue weighted by molar-refractivity contribution is -0.132. The molecule has 3 rings (SSSR count). The van der Waals surface area contributed by atoms with E-state index in [-0.39, 0.29) is 11.7 Å². The molecular weight excluding hydrogens is 388 g/mol. The second-order valence-electron chi connectivity index (χ2n) is 6.13. The molecule has 0 radical (unpaired) electrons. The fourth-order valence-corrected chi connectivity index (χ4v) is 3.70. The van der Waals surface area contributed by atoms with Gasteiger partial charge in [-0.2, -0.15) is 0 Å². The highest BCUT2D eigenvalue weighted by Crippen LogP contribution is 2.36. The minimum atomic E-state index is -0.489. The van der Waals surface area contributed by atoms with Crippen molar-refractivity contribution in [1.82, 2.24) is 19.9 Å². The number of carbonyl (C=O) groups is 1. The van der Waals surface area contributed by atoms with Crippen molar-refractivity contribution in [2.45, 2.75) is 22.9 Å². The molecule has 3 heterocycles. The fourth-order valence-electron chi connectivity index (χ4n) is 2.68. The van der Waals surface area contributed by atoms with Gasteiger partial charge in [-0.15, -0.1) is 0 Å². The normalized spacial score (nSPS) is 15.7. The summed E-state index contributed by atoms with van der Waals surface area (Å²) in [7, 11) is 0. The molecule has 11 heteroatoms. The zero-order chi connectivity index (χ0) is 19.6. The zero-order valence-electron chi connectivity index (χ0n) is 14.8. The summed E-state index contributed by atoms with van der Waals surface area (Å²) in [6.45, 7) is 4.16. The maximum atomic E-state index is 12.0. The fraction of sp³-hybridized carbons (Fsp3) is 0.375. The third-order valence-electron chi connectivity index (χ3n) is 4.14. The van der Waals surface area contributed by atoms with Gasteiger partial charge in [0.15, 0.2) is 5.82 Å². The van der Waals surface area contributed by atoms with Gasteiger partial charge in [-0.25, -0.2) is 15.0 Å². The van der Waals surface area contributed by atoms with E-state index in [9.17, 15) is 4.79 Å². The Bertz CT molecular complexity index is 841. The topological polar surface area (TPSA) is 140 Å².